The van der Waals surface area contributed by atoms with Gasteiger partial charge in [0.2, 0.25) is 0 Å². The fraction of sp³-hybridized carbons (Fsp3) is 0.444. The maximum Gasteiger partial charge on any atom is 0.173 e. The molecule has 8 heteroatoms. The highest BCUT2D eigenvalue weighted by molar-refractivity contribution is 7.80. The smallest absolute Gasteiger partial charge is 0.173 e. The predicted octanol–water partition coefficient (Wildman–Crippen LogP) is 4.03. The van der Waals surface area contributed by atoms with Crippen molar-refractivity contribution in [2.75, 3.05) is 31.5 Å². The van der Waals surface area contributed by atoms with Crippen molar-refractivity contribution in [1.82, 2.24) is 19.6 Å². The Bertz CT molecular complexity index is 784. The number of nitrogens with zero attached hydrogens (tertiary/aromatic N) is 4. The summed E-state index contributed by atoms with van der Waals surface area (Å²) in [6.45, 7) is 9.80. The zero-order chi connectivity index (χ0) is 18.7. The minimum atomic E-state index is 0.571. The summed E-state index contributed by atoms with van der Waals surface area (Å²) in [5, 5.41) is 9.54. The second-order valence-corrected chi connectivity index (χ2v) is 7.62. The number of halogens is 2. The van der Waals surface area contributed by atoms with Crippen molar-refractivity contribution in [1.29, 1.82) is 0 Å². The van der Waals surface area contributed by atoms with E-state index in [2.05, 4.69) is 34.1 Å². The van der Waals surface area contributed by atoms with Crippen LogP contribution in [-0.2, 0) is 13.1 Å². The van der Waals surface area contributed by atoms with Crippen LogP contribution in [0, 0.1) is 6.92 Å². The first-order chi connectivity index (χ1) is 12.5. The monoisotopic (exact) mass is 411 g/mol. The largest absolute Gasteiger partial charge is 0.346 e. The molecule has 2 aromatic rings. The van der Waals surface area contributed by atoms with E-state index in [0.29, 0.717) is 15.2 Å². The van der Waals surface area contributed by atoms with Crippen LogP contribution < -0.4 is 5.32 Å². The van der Waals surface area contributed by atoms with E-state index in [9.17, 15) is 0 Å². The average Bonchev–Trinajstić information content (AvgIpc) is 2.98. The summed E-state index contributed by atoms with van der Waals surface area (Å²) in [5.74, 6) is 0. The summed E-state index contributed by atoms with van der Waals surface area (Å²) in [5.41, 5.74) is 3.34. The summed E-state index contributed by atoms with van der Waals surface area (Å²) >= 11 is 17.7. The normalized spacial score (nSPS) is 15.3. The average molecular weight is 412 g/mol. The van der Waals surface area contributed by atoms with E-state index in [0.717, 1.165) is 45.0 Å². The second-order valence-electron chi connectivity index (χ2n) is 6.39. The van der Waals surface area contributed by atoms with Gasteiger partial charge in [-0.3, -0.25) is 9.58 Å². The molecule has 2 heterocycles. The van der Waals surface area contributed by atoms with Crippen LogP contribution in [0.2, 0.25) is 10.0 Å². The molecule has 5 nitrogen and oxygen atoms in total. The van der Waals surface area contributed by atoms with Crippen molar-refractivity contribution < 1.29 is 0 Å². The van der Waals surface area contributed by atoms with Gasteiger partial charge in [0.15, 0.2) is 5.11 Å². The standard InChI is InChI=1S/C18H23Cl2N5S/c1-3-25-13(2)14(11-21-25)12-23-6-8-24(9-7-23)18(26)22-17-5-4-15(19)10-16(17)20/h4-5,10-11H,3,6-9,12H2,1-2H3,(H,22,26). The van der Waals surface area contributed by atoms with Gasteiger partial charge in [0.1, 0.15) is 0 Å². The molecule has 1 saturated heterocycles. The van der Waals surface area contributed by atoms with Gasteiger partial charge in [-0.15, -0.1) is 0 Å². The van der Waals surface area contributed by atoms with Crippen LogP contribution in [-0.4, -0.2) is 50.9 Å². The number of nitrogens with one attached hydrogen (secondary N) is 1. The number of piperazine rings is 1. The maximum absolute atomic E-state index is 6.21. The van der Waals surface area contributed by atoms with Gasteiger partial charge in [-0.1, -0.05) is 23.2 Å². The van der Waals surface area contributed by atoms with Crippen molar-refractivity contribution in [2.24, 2.45) is 0 Å². The molecule has 0 bridgehead atoms. The van der Waals surface area contributed by atoms with Gasteiger partial charge >= 0.3 is 0 Å². The summed E-state index contributed by atoms with van der Waals surface area (Å²) in [7, 11) is 0. The van der Waals surface area contributed by atoms with Crippen LogP contribution in [0.1, 0.15) is 18.2 Å². The van der Waals surface area contributed by atoms with E-state index in [1.807, 2.05) is 16.9 Å². The van der Waals surface area contributed by atoms with Gasteiger partial charge in [0.25, 0.3) is 0 Å². The Balaban J connectivity index is 1.52. The van der Waals surface area contributed by atoms with E-state index in [-0.39, 0.29) is 0 Å². The number of anilines is 1. The number of benzene rings is 1. The van der Waals surface area contributed by atoms with Gasteiger partial charge in [-0.2, -0.15) is 5.10 Å². The molecule has 0 aliphatic carbocycles. The first-order valence-electron chi connectivity index (χ1n) is 8.72. The van der Waals surface area contributed by atoms with Gasteiger partial charge in [-0.05, 0) is 44.3 Å². The molecule has 3 rings (SSSR count). The summed E-state index contributed by atoms with van der Waals surface area (Å²) in [6, 6.07) is 5.36. The second kappa shape index (κ2) is 8.57. The Morgan fingerprint density at radius 3 is 2.58 bits per heavy atom. The molecule has 1 aliphatic rings. The molecule has 1 fully saturated rings. The molecule has 0 atom stereocenters. The van der Waals surface area contributed by atoms with Gasteiger partial charge < -0.3 is 10.2 Å². The lowest BCUT2D eigenvalue weighted by atomic mass is 10.2. The van der Waals surface area contributed by atoms with E-state index < -0.39 is 0 Å². The molecule has 0 spiro atoms. The van der Waals surface area contributed by atoms with Crippen molar-refractivity contribution in [3.05, 3.63) is 45.7 Å². The number of hydrogen-bond acceptors (Lipinski definition) is 3. The third-order valence-corrected chi connectivity index (χ3v) is 5.64. The van der Waals surface area contributed by atoms with Crippen LogP contribution in [0.5, 0.6) is 0 Å². The maximum atomic E-state index is 6.21. The highest BCUT2D eigenvalue weighted by Gasteiger charge is 2.20. The van der Waals surface area contributed by atoms with Crippen molar-refractivity contribution in [2.45, 2.75) is 26.9 Å². The molecular weight excluding hydrogens is 389 g/mol. The lowest BCUT2D eigenvalue weighted by molar-refractivity contribution is 0.176. The topological polar surface area (TPSA) is 36.3 Å². The Kier molecular flexibility index (Phi) is 6.40. The summed E-state index contributed by atoms with van der Waals surface area (Å²) in [4.78, 5) is 4.62. The molecule has 0 amide bonds. The quantitative estimate of drug-likeness (QED) is 0.768. The summed E-state index contributed by atoms with van der Waals surface area (Å²) < 4.78 is 2.04. The van der Waals surface area contributed by atoms with Crippen LogP contribution in [0.4, 0.5) is 5.69 Å². The fourth-order valence-corrected chi connectivity index (χ4v) is 3.84. The molecule has 1 aromatic heterocycles. The van der Waals surface area contributed by atoms with E-state index in [4.69, 9.17) is 35.4 Å². The number of rotatable bonds is 4. The zero-order valence-electron chi connectivity index (χ0n) is 15.0. The van der Waals surface area contributed by atoms with Gasteiger partial charge in [0.05, 0.1) is 16.9 Å². The lowest BCUT2D eigenvalue weighted by Crippen LogP contribution is -2.49. The minimum absolute atomic E-state index is 0.571. The molecule has 1 N–H and O–H groups in total. The third-order valence-electron chi connectivity index (χ3n) is 4.73. The Morgan fingerprint density at radius 2 is 1.96 bits per heavy atom. The van der Waals surface area contributed by atoms with E-state index in [1.54, 1.807) is 12.1 Å². The van der Waals surface area contributed by atoms with Gasteiger partial charge in [-0.25, -0.2) is 0 Å². The number of thiocarbonyl (C=S) groups is 1. The molecule has 0 unspecified atom stereocenters. The van der Waals surface area contributed by atoms with E-state index >= 15 is 0 Å². The fourth-order valence-electron chi connectivity index (χ4n) is 3.09. The molecule has 1 aromatic carbocycles. The first-order valence-corrected chi connectivity index (χ1v) is 9.89. The van der Waals surface area contributed by atoms with Crippen LogP contribution in [0.25, 0.3) is 0 Å². The van der Waals surface area contributed by atoms with Crippen molar-refractivity contribution in [3.8, 4) is 0 Å². The van der Waals surface area contributed by atoms with Crippen LogP contribution >= 0.6 is 35.4 Å². The number of aryl methyl sites for hydroxylation is 1. The van der Waals surface area contributed by atoms with Crippen LogP contribution in [0.15, 0.2) is 24.4 Å². The highest BCUT2D eigenvalue weighted by atomic mass is 35.5. The minimum Gasteiger partial charge on any atom is -0.346 e. The van der Waals surface area contributed by atoms with Gasteiger partial charge in [0, 0.05) is 55.5 Å². The number of hydrogen-bond donors (Lipinski definition) is 1. The number of aromatic nitrogens is 2. The zero-order valence-corrected chi connectivity index (χ0v) is 17.3. The third kappa shape index (κ3) is 4.49. The van der Waals surface area contributed by atoms with E-state index in [1.165, 1.54) is 11.3 Å². The molecule has 0 radical (unpaired) electrons. The highest BCUT2D eigenvalue weighted by Crippen LogP contribution is 2.25. The molecule has 140 valence electrons. The SMILES string of the molecule is CCn1ncc(CN2CCN(C(=S)Nc3ccc(Cl)cc3Cl)CC2)c1C. The Hall–Kier alpha value is -1.34. The van der Waals surface area contributed by atoms with Crippen LogP contribution in [0.3, 0.4) is 0 Å². The predicted molar refractivity (Wildman–Crippen MR) is 112 cm³/mol. The molecule has 0 saturated carbocycles. The Morgan fingerprint density at radius 1 is 1.23 bits per heavy atom. The Labute approximate surface area is 169 Å². The van der Waals surface area contributed by atoms with Crippen molar-refractivity contribution in [3.63, 3.8) is 0 Å². The molecule has 1 aliphatic heterocycles. The van der Waals surface area contributed by atoms with Crippen molar-refractivity contribution >= 4 is 46.2 Å². The first kappa shape index (κ1) is 19.4. The molecular formula is C18H23Cl2N5S. The summed E-state index contributed by atoms with van der Waals surface area (Å²) in [6.07, 6.45) is 1.99. The molecule has 26 heavy (non-hydrogen) atoms. The lowest BCUT2D eigenvalue weighted by Gasteiger charge is -2.36.